The molecule has 18 heteroatoms. The standard InChI is InChI=1S/C38H43N3O14S/c1-13(42)9-22-52-14(2)29(28-35(48)40-37(56)41-36(28)49)39-19-10-23(53-15(3)34(19)55-22)54-21-12-38(50,16(4)43)11-18-25(21)33(47)27-26(31(18)45)30(44)17-7-6-8-20(51-5)24(17)32(27)46/h6-8,13-15,19,21-23,28-29,34,39,42,45,47,50H,9-12H2,1-5H3,(H2,40,41,48,49,56)/t13-,14+,15-,19-,21+,22-,23-,29+,34-,38-/m0/s1. The molecule has 3 aliphatic heterocycles. The van der Waals surface area contributed by atoms with E-state index in [2.05, 4.69) is 16.0 Å². The molecule has 300 valence electrons. The Hall–Kier alpha value is -4.40. The first-order valence-electron chi connectivity index (χ1n) is 18.3. The quantitative estimate of drug-likeness (QED) is 0.0989. The number of Topliss-reactive ketones (excluding diaryl/α,β-unsaturated/α-hetero) is 1. The number of aliphatic hydroxyl groups is 2. The molecular formula is C38H43N3O14S. The van der Waals surface area contributed by atoms with Crippen LogP contribution in [0.3, 0.4) is 0 Å². The molecule has 3 fully saturated rings. The maximum atomic E-state index is 14.0. The molecule has 7 rings (SSSR count). The molecule has 2 aromatic carbocycles. The highest BCUT2D eigenvalue weighted by Crippen LogP contribution is 2.52. The van der Waals surface area contributed by atoms with E-state index in [1.807, 2.05) is 0 Å². The number of thiocarbonyl (C=S) groups is 1. The number of carbonyl (C=O) groups excluding carboxylic acids is 5. The first-order valence-corrected chi connectivity index (χ1v) is 18.7. The van der Waals surface area contributed by atoms with Crippen molar-refractivity contribution in [3.8, 4) is 17.2 Å². The van der Waals surface area contributed by atoms with E-state index >= 15 is 0 Å². The van der Waals surface area contributed by atoms with Gasteiger partial charge in [0.1, 0.15) is 34.9 Å². The van der Waals surface area contributed by atoms with Gasteiger partial charge in [0.2, 0.25) is 17.6 Å². The Bertz CT molecular complexity index is 2020. The highest BCUT2D eigenvalue weighted by atomic mass is 32.1. The van der Waals surface area contributed by atoms with Gasteiger partial charge >= 0.3 is 0 Å². The van der Waals surface area contributed by atoms with Crippen LogP contribution in [0, 0.1) is 5.92 Å². The monoisotopic (exact) mass is 797 g/mol. The summed E-state index contributed by atoms with van der Waals surface area (Å²) >= 11 is 5.00. The number of fused-ring (bicyclic) bond motifs is 4. The van der Waals surface area contributed by atoms with Crippen LogP contribution in [0.2, 0.25) is 0 Å². The van der Waals surface area contributed by atoms with E-state index in [0.717, 1.165) is 6.92 Å². The van der Waals surface area contributed by atoms with Crippen molar-refractivity contribution in [3.63, 3.8) is 0 Å². The third kappa shape index (κ3) is 6.76. The number of amides is 2. The first-order chi connectivity index (χ1) is 26.4. The molecule has 0 spiro atoms. The van der Waals surface area contributed by atoms with Crippen LogP contribution < -0.4 is 20.7 Å². The number of aromatic hydroxyl groups is 2. The second-order valence-electron chi connectivity index (χ2n) is 15.0. The second kappa shape index (κ2) is 14.8. The fourth-order valence-electron chi connectivity index (χ4n) is 8.51. The largest absolute Gasteiger partial charge is 0.507 e. The number of hydrogen-bond donors (Lipinski definition) is 7. The smallest absolute Gasteiger partial charge is 0.240 e. The van der Waals surface area contributed by atoms with Crippen molar-refractivity contribution in [2.24, 2.45) is 5.92 Å². The number of phenols is 2. The molecule has 7 N–H and O–H groups in total. The lowest BCUT2D eigenvalue weighted by molar-refractivity contribution is -0.297. The van der Waals surface area contributed by atoms with Crippen LogP contribution in [-0.2, 0) is 39.8 Å². The lowest BCUT2D eigenvalue weighted by Crippen LogP contribution is -2.68. The predicted octanol–water partition coefficient (Wildman–Crippen LogP) is 0.716. The summed E-state index contributed by atoms with van der Waals surface area (Å²) in [5, 5.41) is 53.7. The summed E-state index contributed by atoms with van der Waals surface area (Å²) in [5.74, 6) is -6.13. The molecule has 0 radical (unpaired) electrons. The van der Waals surface area contributed by atoms with Crippen molar-refractivity contribution in [2.75, 3.05) is 7.11 Å². The minimum atomic E-state index is -2.13. The minimum absolute atomic E-state index is 0.0298. The zero-order chi connectivity index (χ0) is 40.5. The Kier molecular flexibility index (Phi) is 10.5. The first kappa shape index (κ1) is 39.8. The molecule has 0 aromatic heterocycles. The molecule has 0 saturated carbocycles. The van der Waals surface area contributed by atoms with Crippen molar-refractivity contribution in [2.45, 2.75) is 114 Å². The predicted molar refractivity (Wildman–Crippen MR) is 195 cm³/mol. The molecule has 0 unspecified atom stereocenters. The minimum Gasteiger partial charge on any atom is -0.507 e. The molecule has 5 aliphatic rings. The molecule has 56 heavy (non-hydrogen) atoms. The molecule has 3 heterocycles. The number of methoxy groups -OCH3 is 1. The topological polar surface area (TPSA) is 249 Å². The summed E-state index contributed by atoms with van der Waals surface area (Å²) < 4.78 is 30.6. The summed E-state index contributed by atoms with van der Waals surface area (Å²) in [4.78, 5) is 67.2. The number of nitrogens with one attached hydrogen (secondary N) is 3. The van der Waals surface area contributed by atoms with Crippen molar-refractivity contribution >= 4 is 46.5 Å². The summed E-state index contributed by atoms with van der Waals surface area (Å²) in [5.41, 5.74) is -3.53. The van der Waals surface area contributed by atoms with Gasteiger partial charge in [-0.25, -0.2) is 0 Å². The van der Waals surface area contributed by atoms with Gasteiger partial charge < -0.3 is 60.1 Å². The summed E-state index contributed by atoms with van der Waals surface area (Å²) in [6.07, 6.45) is -7.70. The third-order valence-corrected chi connectivity index (χ3v) is 11.4. The Balaban J connectivity index is 1.27. The van der Waals surface area contributed by atoms with Gasteiger partial charge in [0.15, 0.2) is 29.3 Å². The van der Waals surface area contributed by atoms with E-state index in [0.29, 0.717) is 0 Å². The van der Waals surface area contributed by atoms with Gasteiger partial charge in [-0.3, -0.25) is 24.0 Å². The van der Waals surface area contributed by atoms with Crippen LogP contribution in [0.1, 0.15) is 96.0 Å². The van der Waals surface area contributed by atoms with Crippen LogP contribution in [0.4, 0.5) is 0 Å². The maximum Gasteiger partial charge on any atom is 0.240 e. The normalized spacial score (nSPS) is 32.4. The Morgan fingerprint density at radius 2 is 1.68 bits per heavy atom. The van der Waals surface area contributed by atoms with E-state index in [1.54, 1.807) is 20.8 Å². The summed E-state index contributed by atoms with van der Waals surface area (Å²) in [7, 11) is 1.32. The van der Waals surface area contributed by atoms with Gasteiger partial charge in [0.25, 0.3) is 0 Å². The van der Waals surface area contributed by atoms with Gasteiger partial charge in [-0.05, 0) is 46.0 Å². The van der Waals surface area contributed by atoms with Crippen molar-refractivity contribution < 1.29 is 68.1 Å². The number of rotatable bonds is 7. The van der Waals surface area contributed by atoms with Crippen molar-refractivity contribution in [1.29, 1.82) is 0 Å². The highest BCUT2D eigenvalue weighted by molar-refractivity contribution is 7.80. The third-order valence-electron chi connectivity index (χ3n) is 11.2. The van der Waals surface area contributed by atoms with Crippen LogP contribution in [-0.4, -0.2) is 116 Å². The van der Waals surface area contributed by atoms with E-state index < -0.39 is 131 Å². The van der Waals surface area contributed by atoms with E-state index in [4.69, 9.17) is 35.9 Å². The fraction of sp³-hybridized carbons (Fsp3) is 0.526. The van der Waals surface area contributed by atoms with E-state index in [9.17, 15) is 44.4 Å². The average molecular weight is 798 g/mol. The van der Waals surface area contributed by atoms with Crippen LogP contribution in [0.5, 0.6) is 17.2 Å². The summed E-state index contributed by atoms with van der Waals surface area (Å²) in [6.45, 7) is 6.05. The number of phenolic OH excluding ortho intramolecular Hbond substituents is 2. The molecule has 10 atom stereocenters. The molecule has 2 aliphatic carbocycles. The number of hydrogen-bond acceptors (Lipinski definition) is 16. The average Bonchev–Trinajstić information content (AvgIpc) is 3.11. The van der Waals surface area contributed by atoms with E-state index in [-0.39, 0.29) is 46.0 Å². The van der Waals surface area contributed by atoms with Crippen LogP contribution >= 0.6 is 12.2 Å². The Morgan fingerprint density at radius 1 is 1.00 bits per heavy atom. The zero-order valence-corrected chi connectivity index (χ0v) is 31.9. The highest BCUT2D eigenvalue weighted by Gasteiger charge is 2.52. The fourth-order valence-corrected chi connectivity index (χ4v) is 8.71. The van der Waals surface area contributed by atoms with Gasteiger partial charge in [-0.2, -0.15) is 0 Å². The molecule has 3 saturated heterocycles. The van der Waals surface area contributed by atoms with Crippen molar-refractivity contribution in [3.05, 3.63) is 51.6 Å². The van der Waals surface area contributed by atoms with E-state index in [1.165, 1.54) is 25.3 Å². The number of ether oxygens (including phenoxy) is 5. The molecule has 2 amide bonds. The molecule has 0 bridgehead atoms. The van der Waals surface area contributed by atoms with Gasteiger partial charge in [0, 0.05) is 48.4 Å². The molecular weight excluding hydrogens is 754 g/mol. The number of ketones is 3. The van der Waals surface area contributed by atoms with Gasteiger partial charge in [-0.1, -0.05) is 12.1 Å². The molecule has 17 nitrogen and oxygen atoms in total. The SMILES string of the molecule is COc1cccc2c1C(=O)c1c(O)c3c(c(O)c1C2=O)C[C@@](O)(C(C)=O)C[C@H]3O[C@H]1C[C@@H]2N[C@@H](C3C(=O)NC(=S)NC3=O)[C@@H](C)O[C@H](C[C@H](C)O)O[C@H]2[C@H](C)O1. The van der Waals surface area contributed by atoms with Crippen molar-refractivity contribution in [1.82, 2.24) is 16.0 Å². The van der Waals surface area contributed by atoms with Crippen LogP contribution in [0.25, 0.3) is 0 Å². The van der Waals surface area contributed by atoms with Crippen LogP contribution in [0.15, 0.2) is 18.2 Å². The number of benzene rings is 2. The Labute approximate surface area is 326 Å². The number of carbonyl (C=O) groups is 5. The van der Waals surface area contributed by atoms with Gasteiger partial charge in [0.05, 0.1) is 54.3 Å². The Morgan fingerprint density at radius 3 is 2.32 bits per heavy atom. The van der Waals surface area contributed by atoms with Gasteiger partial charge in [-0.15, -0.1) is 0 Å². The lowest BCUT2D eigenvalue weighted by Gasteiger charge is -2.48. The zero-order valence-electron chi connectivity index (χ0n) is 31.1. The molecule has 2 aromatic rings. The summed E-state index contributed by atoms with van der Waals surface area (Å²) in [6, 6.07) is 2.71. The lowest BCUT2D eigenvalue weighted by atomic mass is 9.72. The number of aliphatic hydroxyl groups excluding tert-OH is 1. The maximum absolute atomic E-state index is 14.0. The second-order valence-corrected chi connectivity index (χ2v) is 15.4.